The molecule has 0 aliphatic heterocycles. The maximum Gasteiger partial charge on any atom is 0.151 e. The molecule has 3 nitrogen and oxygen atoms in total. The van der Waals surface area contributed by atoms with Crippen LogP contribution >= 0.6 is 0 Å². The van der Waals surface area contributed by atoms with Crippen molar-refractivity contribution in [1.29, 1.82) is 0 Å². The topological polar surface area (TPSA) is 37.8 Å². The third kappa shape index (κ3) is 4.17. The maximum atomic E-state index is 4.36. The Kier molecular flexibility index (Phi) is 4.54. The molecule has 1 saturated carbocycles. The van der Waals surface area contributed by atoms with Crippen LogP contribution in [-0.2, 0) is 0 Å². The number of unbranched alkanes of at least 4 members (excludes halogenated alkanes) is 2. The molecular weight excluding hydrogens is 210 g/mol. The highest BCUT2D eigenvalue weighted by Crippen LogP contribution is 2.29. The highest BCUT2D eigenvalue weighted by atomic mass is 15.0. The number of hydrogen-bond acceptors (Lipinski definition) is 3. The fourth-order valence-corrected chi connectivity index (χ4v) is 1.69. The molecule has 1 aliphatic rings. The first-order valence-corrected chi connectivity index (χ1v) is 6.61. The molecule has 1 heterocycles. The molecule has 0 radical (unpaired) electrons. The lowest BCUT2D eigenvalue weighted by molar-refractivity contribution is 0.816. The predicted molar refractivity (Wildman–Crippen MR) is 71.8 cm³/mol. The van der Waals surface area contributed by atoms with E-state index in [1.807, 2.05) is 0 Å². The van der Waals surface area contributed by atoms with Crippen molar-refractivity contribution in [2.45, 2.75) is 39.0 Å². The maximum absolute atomic E-state index is 4.36. The molecular formula is C14H21N3. The van der Waals surface area contributed by atoms with E-state index in [2.05, 4.69) is 34.4 Å². The first-order chi connectivity index (χ1) is 8.40. The Bertz CT molecular complexity index is 369. The molecule has 0 saturated heterocycles. The quantitative estimate of drug-likeness (QED) is 0.730. The van der Waals surface area contributed by atoms with Gasteiger partial charge in [0.2, 0.25) is 0 Å². The summed E-state index contributed by atoms with van der Waals surface area (Å²) in [4.78, 5) is 8.72. The van der Waals surface area contributed by atoms with E-state index in [1.165, 1.54) is 25.7 Å². The second kappa shape index (κ2) is 6.38. The lowest BCUT2D eigenvalue weighted by atomic mass is 10.2. The second-order valence-electron chi connectivity index (χ2n) is 4.66. The number of hydrogen-bond donors (Lipinski definition) is 1. The molecule has 1 fully saturated rings. The fraction of sp³-hybridized carbons (Fsp3) is 0.571. The van der Waals surface area contributed by atoms with Crippen LogP contribution in [0.25, 0.3) is 6.08 Å². The summed E-state index contributed by atoms with van der Waals surface area (Å²) in [7, 11) is 0. The average Bonchev–Trinajstić information content (AvgIpc) is 3.17. The normalized spacial score (nSPS) is 15.4. The van der Waals surface area contributed by atoms with Gasteiger partial charge in [-0.3, -0.25) is 4.98 Å². The Morgan fingerprint density at radius 1 is 1.35 bits per heavy atom. The Labute approximate surface area is 103 Å². The average molecular weight is 231 g/mol. The molecule has 2 rings (SSSR count). The van der Waals surface area contributed by atoms with Gasteiger partial charge in [-0.15, -0.1) is 0 Å². The van der Waals surface area contributed by atoms with Gasteiger partial charge in [0.25, 0.3) is 0 Å². The zero-order valence-electron chi connectivity index (χ0n) is 10.5. The van der Waals surface area contributed by atoms with E-state index in [1.54, 1.807) is 12.4 Å². The Balaban J connectivity index is 1.91. The molecule has 0 spiro atoms. The van der Waals surface area contributed by atoms with Gasteiger partial charge in [-0.05, 0) is 31.3 Å². The van der Waals surface area contributed by atoms with Crippen LogP contribution in [0.2, 0.25) is 0 Å². The summed E-state index contributed by atoms with van der Waals surface area (Å²) in [6, 6.07) is 0. The number of nitrogens with zero attached hydrogens (tertiary/aromatic N) is 2. The zero-order chi connectivity index (χ0) is 11.9. The Morgan fingerprint density at radius 3 is 2.94 bits per heavy atom. The van der Waals surface area contributed by atoms with Gasteiger partial charge in [-0.2, -0.15) is 0 Å². The summed E-state index contributed by atoms with van der Waals surface area (Å²) in [6.45, 7) is 3.24. The Hall–Kier alpha value is -1.38. The van der Waals surface area contributed by atoms with Crippen molar-refractivity contribution in [3.05, 3.63) is 24.2 Å². The van der Waals surface area contributed by atoms with E-state index in [-0.39, 0.29) is 0 Å². The van der Waals surface area contributed by atoms with Gasteiger partial charge >= 0.3 is 0 Å². The van der Waals surface area contributed by atoms with E-state index in [0.29, 0.717) is 0 Å². The number of allylic oxidation sites excluding steroid dienone is 1. The van der Waals surface area contributed by atoms with Crippen molar-refractivity contribution in [2.75, 3.05) is 11.9 Å². The third-order valence-electron chi connectivity index (χ3n) is 2.98. The van der Waals surface area contributed by atoms with Crippen molar-refractivity contribution in [1.82, 2.24) is 9.97 Å². The van der Waals surface area contributed by atoms with Crippen molar-refractivity contribution in [3.8, 4) is 0 Å². The molecule has 0 unspecified atom stereocenters. The van der Waals surface area contributed by atoms with E-state index in [9.17, 15) is 0 Å². The van der Waals surface area contributed by atoms with E-state index in [0.717, 1.165) is 30.4 Å². The molecule has 1 aromatic heterocycles. The van der Waals surface area contributed by atoms with Gasteiger partial charge < -0.3 is 5.32 Å². The van der Waals surface area contributed by atoms with Crippen LogP contribution in [0.4, 0.5) is 5.82 Å². The molecule has 1 aromatic rings. The van der Waals surface area contributed by atoms with Gasteiger partial charge in [-0.25, -0.2) is 4.98 Å². The van der Waals surface area contributed by atoms with Crippen LogP contribution < -0.4 is 5.32 Å². The minimum atomic E-state index is 0.855. The van der Waals surface area contributed by atoms with Gasteiger partial charge in [0, 0.05) is 18.9 Å². The largest absolute Gasteiger partial charge is 0.368 e. The molecule has 1 N–H and O–H groups in total. The summed E-state index contributed by atoms with van der Waals surface area (Å²) in [5.41, 5.74) is 0.962. The molecule has 0 amide bonds. The van der Waals surface area contributed by atoms with Crippen LogP contribution in [0.1, 0.15) is 44.7 Å². The predicted octanol–water partition coefficient (Wildman–Crippen LogP) is 3.50. The molecule has 92 valence electrons. The highest BCUT2D eigenvalue weighted by molar-refractivity contribution is 5.58. The molecule has 0 bridgehead atoms. The number of anilines is 1. The smallest absolute Gasteiger partial charge is 0.151 e. The number of aromatic nitrogens is 2. The van der Waals surface area contributed by atoms with Crippen molar-refractivity contribution in [3.63, 3.8) is 0 Å². The monoisotopic (exact) mass is 231 g/mol. The molecule has 3 heteroatoms. The first-order valence-electron chi connectivity index (χ1n) is 6.61. The SMILES string of the molecule is CCCC/C=C/c1nccnc1NCC1CC1. The Morgan fingerprint density at radius 2 is 2.18 bits per heavy atom. The minimum Gasteiger partial charge on any atom is -0.368 e. The van der Waals surface area contributed by atoms with E-state index in [4.69, 9.17) is 0 Å². The summed E-state index contributed by atoms with van der Waals surface area (Å²) < 4.78 is 0. The van der Waals surface area contributed by atoms with Crippen molar-refractivity contribution in [2.24, 2.45) is 5.92 Å². The zero-order valence-corrected chi connectivity index (χ0v) is 10.5. The molecule has 0 atom stereocenters. The minimum absolute atomic E-state index is 0.855. The standard InChI is InChI=1S/C14H21N3/c1-2-3-4-5-6-13-14(16-10-9-15-13)17-11-12-7-8-12/h5-6,9-10,12H,2-4,7-8,11H2,1H3,(H,16,17)/b6-5+. The summed E-state index contributed by atoms with van der Waals surface area (Å²) in [6.07, 6.45) is 14.1. The molecule has 17 heavy (non-hydrogen) atoms. The van der Waals surface area contributed by atoms with E-state index < -0.39 is 0 Å². The van der Waals surface area contributed by atoms with Crippen molar-refractivity contribution >= 4 is 11.9 Å². The summed E-state index contributed by atoms with van der Waals surface area (Å²) in [5.74, 6) is 1.78. The van der Waals surface area contributed by atoms with Crippen LogP contribution in [0.5, 0.6) is 0 Å². The van der Waals surface area contributed by atoms with Crippen LogP contribution in [-0.4, -0.2) is 16.5 Å². The van der Waals surface area contributed by atoms with Gasteiger partial charge in [-0.1, -0.05) is 25.8 Å². The van der Waals surface area contributed by atoms with Gasteiger partial charge in [0.15, 0.2) is 5.82 Å². The number of rotatable bonds is 7. The number of nitrogens with one attached hydrogen (secondary N) is 1. The lowest BCUT2D eigenvalue weighted by Gasteiger charge is -2.06. The summed E-state index contributed by atoms with van der Waals surface area (Å²) >= 11 is 0. The fourth-order valence-electron chi connectivity index (χ4n) is 1.69. The van der Waals surface area contributed by atoms with Crippen LogP contribution in [0, 0.1) is 5.92 Å². The van der Waals surface area contributed by atoms with Gasteiger partial charge in [0.1, 0.15) is 5.69 Å². The van der Waals surface area contributed by atoms with Gasteiger partial charge in [0.05, 0.1) is 0 Å². The van der Waals surface area contributed by atoms with Crippen molar-refractivity contribution < 1.29 is 0 Å². The van der Waals surface area contributed by atoms with Crippen LogP contribution in [0.15, 0.2) is 18.5 Å². The van der Waals surface area contributed by atoms with E-state index >= 15 is 0 Å². The van der Waals surface area contributed by atoms with Crippen LogP contribution in [0.3, 0.4) is 0 Å². The lowest BCUT2D eigenvalue weighted by Crippen LogP contribution is -2.07. The molecule has 1 aliphatic carbocycles. The first kappa shape index (κ1) is 12.1. The second-order valence-corrected chi connectivity index (χ2v) is 4.66. The highest BCUT2D eigenvalue weighted by Gasteiger charge is 2.21. The summed E-state index contributed by atoms with van der Waals surface area (Å²) in [5, 5.41) is 3.39. The molecule has 0 aromatic carbocycles. The third-order valence-corrected chi connectivity index (χ3v) is 2.98.